The van der Waals surface area contributed by atoms with Gasteiger partial charge in [-0.2, -0.15) is 0 Å². The molecule has 2 aliphatic heterocycles. The van der Waals surface area contributed by atoms with E-state index in [9.17, 15) is 44.1 Å². The molecule has 2 amide bonds. The number of amides is 2. The third-order valence-electron chi connectivity index (χ3n) is 33.1. The molecule has 0 aromatic rings. The van der Waals surface area contributed by atoms with E-state index in [0.717, 1.165) is 103 Å². The zero-order valence-electron chi connectivity index (χ0n) is 69.3. The van der Waals surface area contributed by atoms with E-state index < -0.39 is 46.7 Å². The second-order valence-corrected chi connectivity index (χ2v) is 41.8. The van der Waals surface area contributed by atoms with Gasteiger partial charge in [0.05, 0.1) is 49.3 Å². The first kappa shape index (κ1) is 81.4. The predicted octanol–water partition coefficient (Wildman–Crippen LogP) is 19.2. The number of carboxylic acids is 2. The van der Waals surface area contributed by atoms with Gasteiger partial charge in [0.25, 0.3) is 0 Å². The average Bonchev–Trinajstić information content (AvgIpc) is 0.942. The van der Waals surface area contributed by atoms with Crippen molar-refractivity contribution in [2.45, 2.75) is 310 Å². The first-order valence-corrected chi connectivity index (χ1v) is 41.2. The summed E-state index contributed by atoms with van der Waals surface area (Å²) >= 11 is 0. The number of allylic oxidation sites excluding steroid dienone is 2. The maximum atomic E-state index is 13.3. The highest BCUT2D eigenvalue weighted by Gasteiger charge is 2.73. The predicted molar refractivity (Wildman–Crippen MR) is 414 cm³/mol. The summed E-state index contributed by atoms with van der Waals surface area (Å²) in [7, 11) is 1.36. The van der Waals surface area contributed by atoms with E-state index >= 15 is 0 Å². The Morgan fingerprint density at radius 3 is 1.29 bits per heavy atom. The minimum Gasteiger partial charge on any atom is -0.478 e. The molecule has 2 heterocycles. The minimum absolute atomic E-state index is 0.00212. The number of carbonyl (C=O) groups excluding carboxylic acids is 4. The molecule has 588 valence electrons. The van der Waals surface area contributed by atoms with Crippen LogP contribution in [0.1, 0.15) is 286 Å². The second-order valence-electron chi connectivity index (χ2n) is 41.8. The average molecular weight is 1470 g/mol. The number of carboxylic acid groups (broad SMARTS) is 2. The summed E-state index contributed by atoms with van der Waals surface area (Å²) in [5.41, 5.74) is 2.40. The quantitative estimate of drug-likeness (QED) is 0.0896. The number of rotatable bonds is 8. The van der Waals surface area contributed by atoms with Crippen molar-refractivity contribution in [1.29, 1.82) is 0 Å². The van der Waals surface area contributed by atoms with Crippen LogP contribution in [0.4, 0.5) is 9.59 Å². The van der Waals surface area contributed by atoms with Gasteiger partial charge in [-0.05, 0) is 308 Å². The highest BCUT2D eigenvalue weighted by molar-refractivity contribution is 5.91. The van der Waals surface area contributed by atoms with Crippen molar-refractivity contribution < 1.29 is 63.0 Å². The molecule has 12 rings (SSSR count). The third-order valence-corrected chi connectivity index (χ3v) is 33.1. The molecule has 0 saturated heterocycles. The molecule has 10 saturated carbocycles. The van der Waals surface area contributed by atoms with Gasteiger partial charge in [0.1, 0.15) is 17.3 Å². The number of esters is 2. The summed E-state index contributed by atoms with van der Waals surface area (Å²) in [4.78, 5) is 79.5. The van der Waals surface area contributed by atoms with Crippen molar-refractivity contribution in [3.8, 4) is 23.7 Å². The van der Waals surface area contributed by atoms with Crippen molar-refractivity contribution >= 4 is 36.1 Å². The van der Waals surface area contributed by atoms with Crippen LogP contribution in [0.25, 0.3) is 0 Å². The highest BCUT2D eigenvalue weighted by atomic mass is 16.6. The van der Waals surface area contributed by atoms with Crippen LogP contribution in [0.15, 0.2) is 46.6 Å². The Kier molecular flexibility index (Phi) is 21.5. The molecule has 0 aromatic carbocycles. The monoisotopic (exact) mass is 1470 g/mol. The molecule has 0 aromatic heterocycles. The summed E-state index contributed by atoms with van der Waals surface area (Å²) in [6, 6.07) is 0. The molecule has 0 bridgehead atoms. The Balaban J connectivity index is 0.000000215. The lowest BCUT2D eigenvalue weighted by Crippen LogP contribution is -2.66. The van der Waals surface area contributed by atoms with Crippen LogP contribution >= 0.6 is 0 Å². The molecular formula is C91H136N2O13. The lowest BCUT2D eigenvalue weighted by atomic mass is 9.32. The molecule has 3 N–H and O–H groups in total. The molecule has 15 nitrogen and oxygen atoms in total. The molecule has 12 aliphatic rings. The summed E-state index contributed by atoms with van der Waals surface area (Å²) in [6.07, 6.45) is 21.2. The standard InChI is InChI=1S/C49H73NO8.C42H63NO5/c1-30(2)32-17-24-49(23-16-31-20-27-50(29-33(31)40(52)53)42(55)58-43(3,4)5)26-25-47(11)34(39(32)49)14-15-36-46(10)21-19-37(45(8,9)35(46)18-22-48(36,47)12)57-38(51)28-44(6,7)41(54)56-13;1-26(2)28-14-21-42(20-13-27-17-24-43(25-29(27)35(45)46)36(47)48-37(3,4)5)23-22-40(9)30(34(28)42)11-12-32-39(8)18-16-33(44)38(6,7)31(39)15-19-41(32,40)10/h32,34-37,39H,1,14-15,17-22,24-29H2,2-13H3,(H,52,53);28,30-34,44H,1,11-12,14-19,21-25H2,2-10H3,(H,45,46)/t32-,34?,35?,36?,37-,39?,46-,47+,48+,49+;28-,30?,31?,32?,33-,34?,39-,40+,41+,42+/m00/s1. The zero-order valence-corrected chi connectivity index (χ0v) is 69.3. The van der Waals surface area contributed by atoms with E-state index in [0.29, 0.717) is 96.3 Å². The second kappa shape index (κ2) is 28.0. The number of ether oxygens (including phenoxy) is 4. The molecule has 10 fully saturated rings. The highest BCUT2D eigenvalue weighted by Crippen LogP contribution is 2.80. The number of aliphatic hydroxyl groups is 1. The number of methoxy groups -OCH3 is 1. The summed E-state index contributed by atoms with van der Waals surface area (Å²) in [5.74, 6) is 16.7. The van der Waals surface area contributed by atoms with Crippen molar-refractivity contribution in [3.63, 3.8) is 0 Å². The molecule has 8 unspecified atom stereocenters. The Labute approximate surface area is 637 Å². The Morgan fingerprint density at radius 2 is 0.906 bits per heavy atom. The van der Waals surface area contributed by atoms with Crippen LogP contribution in [0.3, 0.4) is 0 Å². The van der Waals surface area contributed by atoms with Crippen molar-refractivity contribution in [1.82, 2.24) is 9.80 Å². The van der Waals surface area contributed by atoms with Crippen molar-refractivity contribution in [2.75, 3.05) is 33.3 Å². The van der Waals surface area contributed by atoms with Gasteiger partial charge in [-0.15, -0.1) is 0 Å². The topological polar surface area (TPSA) is 207 Å². The molecule has 0 radical (unpaired) electrons. The molecule has 15 heteroatoms. The maximum absolute atomic E-state index is 13.3. The first-order valence-electron chi connectivity index (χ1n) is 41.2. The van der Waals surface area contributed by atoms with Gasteiger partial charge in [-0.25, -0.2) is 19.2 Å². The van der Waals surface area contributed by atoms with E-state index in [1.807, 2.05) is 41.5 Å². The Bertz CT molecular complexity index is 3740. The van der Waals surface area contributed by atoms with Crippen LogP contribution in [0.2, 0.25) is 0 Å². The molecule has 0 spiro atoms. The number of nitrogens with zero attached hydrogens (tertiary/aromatic N) is 2. The number of aliphatic hydroxyl groups excluding tert-OH is 1. The third kappa shape index (κ3) is 13.7. The van der Waals surface area contributed by atoms with E-state index in [2.05, 4.69) is 120 Å². The molecule has 10 aliphatic carbocycles. The number of aliphatic carboxylic acids is 2. The SMILES string of the molecule is C=C(C)[C@@H]1CC[C@]2(C#CC3=C(C(=O)O)CN(C(=O)OC(C)(C)C)CC3)CC[C@]3(C)C(CCC4[C@@]5(C)CC[C@H](O)C(C)(C)C5CC[C@]43C)C12.C=C(C)[C@@H]1CC[C@]2(C#CC3=C(C(=O)O)CN(C(=O)OC(C)(C)C)CC3)CC[C@]3(C)C(CCC4[C@@]5(C)CC[C@H](OC(=O)CC(C)(C)C(=O)OC)C(C)(C)C5CC[C@]43C)C12. The van der Waals surface area contributed by atoms with Gasteiger partial charge in [0.15, 0.2) is 0 Å². The lowest BCUT2D eigenvalue weighted by molar-refractivity contribution is -0.247. The van der Waals surface area contributed by atoms with Crippen LogP contribution in [-0.2, 0) is 38.1 Å². The van der Waals surface area contributed by atoms with E-state index in [1.165, 1.54) is 53.7 Å². The van der Waals surface area contributed by atoms with Gasteiger partial charge in [0.2, 0.25) is 0 Å². The Hall–Kier alpha value is -5.54. The smallest absolute Gasteiger partial charge is 0.410 e. The summed E-state index contributed by atoms with van der Waals surface area (Å²) in [6.45, 7) is 53.6. The fourth-order valence-electron chi connectivity index (χ4n) is 27.4. The van der Waals surface area contributed by atoms with E-state index in [4.69, 9.17) is 18.9 Å². The first-order chi connectivity index (χ1) is 49.0. The molecule has 106 heavy (non-hydrogen) atoms. The van der Waals surface area contributed by atoms with Crippen LogP contribution < -0.4 is 0 Å². The van der Waals surface area contributed by atoms with E-state index in [-0.39, 0.29) is 103 Å². The molecular weight excluding hydrogens is 1330 g/mol. The van der Waals surface area contributed by atoms with Crippen LogP contribution in [0, 0.1) is 142 Å². The maximum Gasteiger partial charge on any atom is 0.410 e. The largest absolute Gasteiger partial charge is 0.478 e. The lowest BCUT2D eigenvalue weighted by Gasteiger charge is -2.72. The fourth-order valence-corrected chi connectivity index (χ4v) is 27.4. The van der Waals surface area contributed by atoms with Gasteiger partial charge in [-0.1, -0.05) is 117 Å². The van der Waals surface area contributed by atoms with Crippen molar-refractivity contribution in [3.05, 3.63) is 46.6 Å². The summed E-state index contributed by atoms with van der Waals surface area (Å²) in [5, 5.41) is 31.6. The number of fused-ring (bicyclic) bond motifs is 14. The normalized spacial score (nSPS) is 40.5. The number of hydrogen-bond acceptors (Lipinski definition) is 11. The van der Waals surface area contributed by atoms with E-state index in [1.54, 1.807) is 13.8 Å². The summed E-state index contributed by atoms with van der Waals surface area (Å²) < 4.78 is 22.4. The molecule has 20 atom stereocenters. The zero-order chi connectivity index (χ0) is 78.3. The van der Waals surface area contributed by atoms with Gasteiger partial charge < -0.3 is 44.1 Å². The van der Waals surface area contributed by atoms with Crippen molar-refractivity contribution in [2.24, 2.45) is 119 Å². The Morgan fingerprint density at radius 1 is 0.500 bits per heavy atom. The van der Waals surface area contributed by atoms with Crippen LogP contribution in [0.5, 0.6) is 0 Å². The number of hydrogen-bond donors (Lipinski definition) is 3. The van der Waals surface area contributed by atoms with Gasteiger partial charge in [0, 0.05) is 40.5 Å². The van der Waals surface area contributed by atoms with Gasteiger partial charge >= 0.3 is 36.1 Å². The fraction of sp³-hybridized carbons (Fsp3) is 0.802. The number of carbonyl (C=O) groups is 6. The van der Waals surface area contributed by atoms with Gasteiger partial charge in [-0.3, -0.25) is 9.59 Å². The van der Waals surface area contributed by atoms with Crippen LogP contribution in [-0.4, -0.2) is 118 Å². The minimum atomic E-state index is -1.03.